The number of likely N-dealkylation sites (N-methyl/N-ethyl adjacent to an activating group) is 1. The van der Waals surface area contributed by atoms with Crippen LogP contribution in [0.4, 0.5) is 0 Å². The van der Waals surface area contributed by atoms with Crippen molar-refractivity contribution < 1.29 is 4.79 Å². The lowest BCUT2D eigenvalue weighted by molar-refractivity contribution is -0.116. The summed E-state index contributed by atoms with van der Waals surface area (Å²) in [7, 11) is 1.60. The van der Waals surface area contributed by atoms with Crippen molar-refractivity contribution in [2.45, 2.75) is 12.8 Å². The summed E-state index contributed by atoms with van der Waals surface area (Å²) in [5, 5.41) is 3.10. The summed E-state index contributed by atoms with van der Waals surface area (Å²) >= 11 is 5.79. The SMILES string of the molecule is CNC(=O)C1=CCCC=C1Cl. The standard InChI is InChI=1S/C8H10ClNO/c1-10-8(11)6-4-2-3-5-7(6)9/h4-5H,2-3H2,1H3,(H,10,11). The molecule has 1 amide bonds. The highest BCUT2D eigenvalue weighted by Gasteiger charge is 2.12. The summed E-state index contributed by atoms with van der Waals surface area (Å²) in [4.78, 5) is 11.1. The third-order valence-electron chi connectivity index (χ3n) is 1.57. The van der Waals surface area contributed by atoms with Crippen molar-refractivity contribution in [3.63, 3.8) is 0 Å². The maximum Gasteiger partial charge on any atom is 0.252 e. The molecule has 0 aromatic rings. The molecule has 0 spiro atoms. The number of nitrogens with one attached hydrogen (secondary N) is 1. The van der Waals surface area contributed by atoms with Crippen molar-refractivity contribution in [1.29, 1.82) is 0 Å². The Kier molecular flexibility index (Phi) is 2.71. The van der Waals surface area contributed by atoms with E-state index in [1.165, 1.54) is 0 Å². The summed E-state index contributed by atoms with van der Waals surface area (Å²) < 4.78 is 0. The molecule has 1 aliphatic rings. The molecule has 0 saturated heterocycles. The number of allylic oxidation sites excluding steroid dienone is 2. The zero-order valence-electron chi connectivity index (χ0n) is 6.36. The minimum Gasteiger partial charge on any atom is -0.355 e. The van der Waals surface area contributed by atoms with Gasteiger partial charge in [-0.1, -0.05) is 23.8 Å². The Bertz CT molecular complexity index is 230. The van der Waals surface area contributed by atoms with Crippen molar-refractivity contribution >= 4 is 17.5 Å². The minimum absolute atomic E-state index is 0.106. The fourth-order valence-corrected chi connectivity index (χ4v) is 1.25. The van der Waals surface area contributed by atoms with E-state index >= 15 is 0 Å². The predicted molar refractivity (Wildman–Crippen MR) is 45.3 cm³/mol. The monoisotopic (exact) mass is 171 g/mol. The van der Waals surface area contributed by atoms with Gasteiger partial charge in [-0.15, -0.1) is 0 Å². The molecule has 0 unspecified atom stereocenters. The highest BCUT2D eigenvalue weighted by molar-refractivity contribution is 6.35. The van der Waals surface area contributed by atoms with Gasteiger partial charge < -0.3 is 5.32 Å². The number of hydrogen-bond donors (Lipinski definition) is 1. The summed E-state index contributed by atoms with van der Waals surface area (Å²) in [6, 6.07) is 0. The molecule has 60 valence electrons. The largest absolute Gasteiger partial charge is 0.355 e. The van der Waals surface area contributed by atoms with Crippen LogP contribution in [0.15, 0.2) is 22.8 Å². The second kappa shape index (κ2) is 3.58. The fourth-order valence-electron chi connectivity index (χ4n) is 0.981. The minimum atomic E-state index is -0.106. The van der Waals surface area contributed by atoms with E-state index in [1.807, 2.05) is 12.2 Å². The number of rotatable bonds is 1. The number of halogens is 1. The van der Waals surface area contributed by atoms with Crippen molar-refractivity contribution in [3.05, 3.63) is 22.8 Å². The molecule has 2 nitrogen and oxygen atoms in total. The lowest BCUT2D eigenvalue weighted by Gasteiger charge is -2.08. The van der Waals surface area contributed by atoms with Crippen LogP contribution in [0.25, 0.3) is 0 Å². The Morgan fingerprint density at radius 3 is 2.73 bits per heavy atom. The first-order valence-electron chi connectivity index (χ1n) is 3.54. The Labute approximate surface area is 70.9 Å². The van der Waals surface area contributed by atoms with Gasteiger partial charge in [-0.25, -0.2) is 0 Å². The van der Waals surface area contributed by atoms with Gasteiger partial charge in [0.1, 0.15) is 0 Å². The molecular weight excluding hydrogens is 162 g/mol. The number of hydrogen-bond acceptors (Lipinski definition) is 1. The molecule has 1 N–H and O–H groups in total. The molecule has 3 heteroatoms. The van der Waals surface area contributed by atoms with Crippen LogP contribution in [0.2, 0.25) is 0 Å². The van der Waals surface area contributed by atoms with Crippen molar-refractivity contribution in [2.24, 2.45) is 0 Å². The van der Waals surface area contributed by atoms with Crippen molar-refractivity contribution in [1.82, 2.24) is 5.32 Å². The Morgan fingerprint density at radius 1 is 1.55 bits per heavy atom. The van der Waals surface area contributed by atoms with Crippen molar-refractivity contribution in [3.8, 4) is 0 Å². The third kappa shape index (κ3) is 1.84. The maximum absolute atomic E-state index is 11.1. The topological polar surface area (TPSA) is 29.1 Å². The molecule has 0 radical (unpaired) electrons. The number of carbonyl (C=O) groups excluding carboxylic acids is 1. The van der Waals surface area contributed by atoms with E-state index < -0.39 is 0 Å². The quantitative estimate of drug-likeness (QED) is 0.638. The van der Waals surface area contributed by atoms with Crippen LogP contribution in [0.5, 0.6) is 0 Å². The van der Waals surface area contributed by atoms with Gasteiger partial charge >= 0.3 is 0 Å². The molecule has 0 bridgehead atoms. The van der Waals surface area contributed by atoms with Crippen LogP contribution in [-0.2, 0) is 4.79 Å². The summed E-state index contributed by atoms with van der Waals surface area (Å²) in [5.74, 6) is -0.106. The van der Waals surface area contributed by atoms with Gasteiger partial charge in [0.25, 0.3) is 5.91 Å². The molecule has 0 aromatic heterocycles. The van der Waals surface area contributed by atoms with E-state index in [1.54, 1.807) is 7.05 Å². The average Bonchev–Trinajstić information content (AvgIpc) is 2.04. The normalized spacial score (nSPS) is 16.9. The zero-order chi connectivity index (χ0) is 8.27. The first-order valence-corrected chi connectivity index (χ1v) is 3.91. The second-order valence-electron chi connectivity index (χ2n) is 2.33. The molecule has 11 heavy (non-hydrogen) atoms. The molecule has 0 fully saturated rings. The Morgan fingerprint density at radius 2 is 2.18 bits per heavy atom. The molecule has 0 aliphatic heterocycles. The average molecular weight is 172 g/mol. The molecular formula is C8H10ClNO. The van der Waals surface area contributed by atoms with E-state index in [0.29, 0.717) is 10.6 Å². The van der Waals surface area contributed by atoms with Gasteiger partial charge in [0, 0.05) is 12.1 Å². The summed E-state index contributed by atoms with van der Waals surface area (Å²) in [6.45, 7) is 0. The third-order valence-corrected chi connectivity index (χ3v) is 1.93. The van der Waals surface area contributed by atoms with E-state index in [4.69, 9.17) is 11.6 Å². The summed E-state index contributed by atoms with van der Waals surface area (Å²) in [6.07, 6.45) is 5.56. The van der Waals surface area contributed by atoms with E-state index in [0.717, 1.165) is 12.8 Å². The lowest BCUT2D eigenvalue weighted by Crippen LogP contribution is -2.20. The van der Waals surface area contributed by atoms with Crippen molar-refractivity contribution in [2.75, 3.05) is 7.05 Å². The zero-order valence-corrected chi connectivity index (χ0v) is 7.11. The fraction of sp³-hybridized carbons (Fsp3) is 0.375. The molecule has 0 atom stereocenters. The van der Waals surface area contributed by atoms with Crippen LogP contribution in [-0.4, -0.2) is 13.0 Å². The van der Waals surface area contributed by atoms with E-state index in [9.17, 15) is 4.79 Å². The van der Waals surface area contributed by atoms with Crippen LogP contribution in [0.3, 0.4) is 0 Å². The Balaban J connectivity index is 2.78. The highest BCUT2D eigenvalue weighted by Crippen LogP contribution is 2.21. The second-order valence-corrected chi connectivity index (χ2v) is 2.73. The number of carbonyl (C=O) groups is 1. The van der Waals surface area contributed by atoms with Crippen LogP contribution in [0, 0.1) is 0 Å². The van der Waals surface area contributed by atoms with Gasteiger partial charge in [-0.05, 0) is 12.8 Å². The van der Waals surface area contributed by atoms with Crippen LogP contribution in [0.1, 0.15) is 12.8 Å². The van der Waals surface area contributed by atoms with Gasteiger partial charge in [0.2, 0.25) is 0 Å². The number of amides is 1. The molecule has 1 aliphatic carbocycles. The van der Waals surface area contributed by atoms with Gasteiger partial charge in [-0.2, -0.15) is 0 Å². The van der Waals surface area contributed by atoms with Crippen LogP contribution < -0.4 is 5.32 Å². The molecule has 0 aromatic carbocycles. The van der Waals surface area contributed by atoms with Gasteiger partial charge in [-0.3, -0.25) is 4.79 Å². The van der Waals surface area contributed by atoms with Crippen LogP contribution >= 0.6 is 11.6 Å². The molecule has 0 saturated carbocycles. The van der Waals surface area contributed by atoms with E-state index in [2.05, 4.69) is 5.32 Å². The molecule has 1 rings (SSSR count). The first kappa shape index (κ1) is 8.34. The highest BCUT2D eigenvalue weighted by atomic mass is 35.5. The van der Waals surface area contributed by atoms with E-state index in [-0.39, 0.29) is 5.91 Å². The lowest BCUT2D eigenvalue weighted by atomic mass is 10.1. The van der Waals surface area contributed by atoms with Gasteiger partial charge in [0.15, 0.2) is 0 Å². The Hall–Kier alpha value is -0.760. The first-order chi connectivity index (χ1) is 5.25. The maximum atomic E-state index is 11.1. The summed E-state index contributed by atoms with van der Waals surface area (Å²) in [5.41, 5.74) is 0.598. The van der Waals surface area contributed by atoms with Gasteiger partial charge in [0.05, 0.1) is 5.57 Å². The molecule has 0 heterocycles. The predicted octanol–water partition coefficient (Wildman–Crippen LogP) is 1.58. The smallest absolute Gasteiger partial charge is 0.252 e.